The minimum Gasteiger partial charge on any atom is -0.478 e. The highest BCUT2D eigenvalue weighted by Gasteiger charge is 2.37. The number of hydrogen-bond acceptors (Lipinski definition) is 3. The first kappa shape index (κ1) is 19.3. The van der Waals surface area contributed by atoms with Gasteiger partial charge in [-0.3, -0.25) is 4.79 Å². The van der Waals surface area contributed by atoms with E-state index in [9.17, 15) is 18.4 Å². The van der Waals surface area contributed by atoms with Gasteiger partial charge in [0.05, 0.1) is 24.2 Å². The summed E-state index contributed by atoms with van der Waals surface area (Å²) in [5.41, 5.74) is 0.915. The molecule has 3 N–H and O–H groups in total. The second-order valence-corrected chi connectivity index (χ2v) is 5.49. The Labute approximate surface area is 138 Å². The highest BCUT2D eigenvalue weighted by molar-refractivity contribution is 5.87. The number of halogens is 3. The molecule has 8 heteroatoms. The molecule has 0 unspecified atom stereocenters. The van der Waals surface area contributed by atoms with E-state index in [2.05, 4.69) is 10.6 Å². The van der Waals surface area contributed by atoms with Crippen molar-refractivity contribution in [2.24, 2.45) is 0 Å². The molecule has 1 aliphatic rings. The van der Waals surface area contributed by atoms with E-state index in [1.54, 1.807) is 19.1 Å². The standard InChI is InChI=1S/C15H18F2N2O3.ClH/c1-9(10-2-4-11(5-3-10)14(21)22)19-13(20)12-6-7-15(16,17)8-18-12;/h2-5,9,12,18H,6-8H2,1H3,(H,19,20)(H,21,22);1H/t9-,12+;/m0./s1. The second-order valence-electron chi connectivity index (χ2n) is 5.49. The van der Waals surface area contributed by atoms with Crippen molar-refractivity contribution in [2.75, 3.05) is 6.54 Å². The third-order valence-corrected chi connectivity index (χ3v) is 3.74. The number of alkyl halides is 2. The summed E-state index contributed by atoms with van der Waals surface area (Å²) in [4.78, 5) is 22.8. The van der Waals surface area contributed by atoms with Gasteiger partial charge in [0.2, 0.25) is 5.91 Å². The van der Waals surface area contributed by atoms with Crippen LogP contribution >= 0.6 is 12.4 Å². The van der Waals surface area contributed by atoms with Gasteiger partial charge in [-0.25, -0.2) is 13.6 Å². The number of rotatable bonds is 4. The summed E-state index contributed by atoms with van der Waals surface area (Å²) >= 11 is 0. The van der Waals surface area contributed by atoms with Crippen molar-refractivity contribution in [1.82, 2.24) is 10.6 Å². The van der Waals surface area contributed by atoms with Crippen molar-refractivity contribution >= 4 is 24.3 Å². The van der Waals surface area contributed by atoms with E-state index >= 15 is 0 Å². The lowest BCUT2D eigenvalue weighted by Crippen LogP contribution is -2.52. The monoisotopic (exact) mass is 348 g/mol. The van der Waals surface area contributed by atoms with Gasteiger partial charge in [-0.2, -0.15) is 0 Å². The molecule has 0 spiro atoms. The van der Waals surface area contributed by atoms with Crippen LogP contribution in [0.1, 0.15) is 41.7 Å². The van der Waals surface area contributed by atoms with Crippen molar-refractivity contribution in [1.29, 1.82) is 0 Å². The maximum atomic E-state index is 13.0. The first-order valence-electron chi connectivity index (χ1n) is 7.03. The summed E-state index contributed by atoms with van der Waals surface area (Å²) < 4.78 is 26.1. The number of nitrogens with one attached hydrogen (secondary N) is 2. The van der Waals surface area contributed by atoms with Crippen LogP contribution in [0.25, 0.3) is 0 Å². The summed E-state index contributed by atoms with van der Waals surface area (Å²) in [5, 5.41) is 14.1. The molecule has 1 aromatic rings. The average Bonchev–Trinajstić information content (AvgIpc) is 2.47. The summed E-state index contributed by atoms with van der Waals surface area (Å²) in [6.45, 7) is 1.26. The summed E-state index contributed by atoms with van der Waals surface area (Å²) in [7, 11) is 0. The Morgan fingerprint density at radius 3 is 2.43 bits per heavy atom. The van der Waals surface area contributed by atoms with Crippen molar-refractivity contribution in [3.05, 3.63) is 35.4 Å². The molecule has 2 atom stereocenters. The lowest BCUT2D eigenvalue weighted by Gasteiger charge is -2.29. The number of carbonyl (C=O) groups excluding carboxylic acids is 1. The molecule has 0 aliphatic carbocycles. The predicted molar refractivity (Wildman–Crippen MR) is 83.2 cm³/mol. The van der Waals surface area contributed by atoms with Crippen LogP contribution in [0.15, 0.2) is 24.3 Å². The number of carbonyl (C=O) groups is 2. The molecule has 0 bridgehead atoms. The van der Waals surface area contributed by atoms with Gasteiger partial charge in [-0.15, -0.1) is 12.4 Å². The molecule has 128 valence electrons. The van der Waals surface area contributed by atoms with Crippen LogP contribution in [-0.2, 0) is 4.79 Å². The predicted octanol–water partition coefficient (Wildman–Crippen LogP) is 2.37. The normalized spacial score (nSPS) is 20.9. The molecule has 0 saturated carbocycles. The van der Waals surface area contributed by atoms with E-state index in [0.29, 0.717) is 0 Å². The molecule has 23 heavy (non-hydrogen) atoms. The van der Waals surface area contributed by atoms with Crippen LogP contribution in [0.5, 0.6) is 0 Å². The van der Waals surface area contributed by atoms with Gasteiger partial charge in [-0.1, -0.05) is 12.1 Å². The van der Waals surface area contributed by atoms with Gasteiger partial charge in [-0.05, 0) is 31.0 Å². The highest BCUT2D eigenvalue weighted by atomic mass is 35.5. The number of hydrogen-bond donors (Lipinski definition) is 3. The molecule has 5 nitrogen and oxygen atoms in total. The fourth-order valence-corrected chi connectivity index (χ4v) is 2.35. The third kappa shape index (κ3) is 5.14. The molecule has 0 aromatic heterocycles. The van der Waals surface area contributed by atoms with Gasteiger partial charge in [0.15, 0.2) is 0 Å². The largest absolute Gasteiger partial charge is 0.478 e. The van der Waals surface area contributed by atoms with Crippen LogP contribution in [0, 0.1) is 0 Å². The average molecular weight is 349 g/mol. The fourth-order valence-electron chi connectivity index (χ4n) is 2.35. The van der Waals surface area contributed by atoms with Crippen LogP contribution in [0.3, 0.4) is 0 Å². The van der Waals surface area contributed by atoms with Crippen molar-refractivity contribution in [3.63, 3.8) is 0 Å². The minimum absolute atomic E-state index is 0. The zero-order valence-electron chi connectivity index (χ0n) is 12.5. The Kier molecular flexibility index (Phi) is 6.47. The van der Waals surface area contributed by atoms with Gasteiger partial charge in [0.25, 0.3) is 5.92 Å². The van der Waals surface area contributed by atoms with Gasteiger partial charge < -0.3 is 15.7 Å². The molecule has 1 saturated heterocycles. The van der Waals surface area contributed by atoms with Crippen molar-refractivity contribution in [2.45, 2.75) is 37.8 Å². The molecule has 1 aliphatic heterocycles. The lowest BCUT2D eigenvalue weighted by molar-refractivity contribution is -0.126. The molecule has 2 rings (SSSR count). The van der Waals surface area contributed by atoms with E-state index < -0.39 is 24.5 Å². The molecule has 1 amide bonds. The maximum Gasteiger partial charge on any atom is 0.335 e. The van der Waals surface area contributed by atoms with Crippen LogP contribution in [-0.4, -0.2) is 35.5 Å². The topological polar surface area (TPSA) is 78.4 Å². The number of benzene rings is 1. The summed E-state index contributed by atoms with van der Waals surface area (Å²) in [6.07, 6.45) is -0.219. The number of aromatic carboxylic acids is 1. The van der Waals surface area contributed by atoms with Crippen LogP contribution < -0.4 is 10.6 Å². The van der Waals surface area contributed by atoms with E-state index in [0.717, 1.165) is 5.56 Å². The Balaban J connectivity index is 0.00000264. The lowest BCUT2D eigenvalue weighted by atomic mass is 10.0. The summed E-state index contributed by atoms with van der Waals surface area (Å²) in [6, 6.07) is 5.20. The first-order valence-corrected chi connectivity index (χ1v) is 7.03. The Bertz CT molecular complexity index is 556. The Morgan fingerprint density at radius 2 is 1.96 bits per heavy atom. The third-order valence-electron chi connectivity index (χ3n) is 3.74. The molecule has 0 radical (unpaired) electrons. The van der Waals surface area contributed by atoms with E-state index in [1.807, 2.05) is 0 Å². The first-order chi connectivity index (χ1) is 10.3. The van der Waals surface area contributed by atoms with Gasteiger partial charge in [0.1, 0.15) is 0 Å². The highest BCUT2D eigenvalue weighted by Crippen LogP contribution is 2.25. The number of amides is 1. The van der Waals surface area contributed by atoms with E-state index in [4.69, 9.17) is 5.11 Å². The van der Waals surface area contributed by atoms with Crippen molar-refractivity contribution in [3.8, 4) is 0 Å². The van der Waals surface area contributed by atoms with Crippen LogP contribution in [0.4, 0.5) is 8.78 Å². The van der Waals surface area contributed by atoms with Gasteiger partial charge in [0, 0.05) is 6.42 Å². The Hall–Kier alpha value is -1.73. The zero-order valence-corrected chi connectivity index (χ0v) is 13.3. The molecule has 1 aromatic carbocycles. The molecular weight excluding hydrogens is 330 g/mol. The van der Waals surface area contributed by atoms with Crippen molar-refractivity contribution < 1.29 is 23.5 Å². The maximum absolute atomic E-state index is 13.0. The minimum atomic E-state index is -2.75. The molecule has 1 fully saturated rings. The van der Waals surface area contributed by atoms with Crippen LogP contribution in [0.2, 0.25) is 0 Å². The number of piperidine rings is 1. The van der Waals surface area contributed by atoms with E-state index in [1.165, 1.54) is 12.1 Å². The SMILES string of the molecule is C[C@H](NC(=O)[C@H]1CCC(F)(F)CN1)c1ccc(C(=O)O)cc1.Cl. The fraction of sp³-hybridized carbons (Fsp3) is 0.467. The number of carboxylic acids is 1. The molecule has 1 heterocycles. The Morgan fingerprint density at radius 1 is 1.35 bits per heavy atom. The second kappa shape index (κ2) is 7.70. The smallest absolute Gasteiger partial charge is 0.335 e. The quantitative estimate of drug-likeness (QED) is 0.780. The zero-order chi connectivity index (χ0) is 16.3. The van der Waals surface area contributed by atoms with Gasteiger partial charge >= 0.3 is 5.97 Å². The summed E-state index contributed by atoms with van der Waals surface area (Å²) in [5.74, 6) is -4.10. The number of carboxylic acid groups (broad SMARTS) is 1. The molecular formula is C15H19ClF2N2O3. The van der Waals surface area contributed by atoms with E-state index in [-0.39, 0.29) is 42.8 Å².